The predicted octanol–water partition coefficient (Wildman–Crippen LogP) is 6.55. The fraction of sp³-hybridized carbons (Fsp3) is 0.192. The number of hydrogen-bond donors (Lipinski definition) is 1. The molecule has 4 aromatic rings. The second-order valence-electron chi connectivity index (χ2n) is 8.27. The summed E-state index contributed by atoms with van der Waals surface area (Å²) in [6.07, 6.45) is 3.20. The van der Waals surface area contributed by atoms with E-state index in [1.807, 2.05) is 66.7 Å². The van der Waals surface area contributed by atoms with Gasteiger partial charge in [-0.1, -0.05) is 35.9 Å². The number of halogens is 1. The lowest BCUT2D eigenvalue weighted by molar-refractivity contribution is -0.138. The van der Waals surface area contributed by atoms with Crippen LogP contribution in [0.1, 0.15) is 25.2 Å². The molecule has 6 nitrogen and oxygen atoms in total. The molecule has 0 aliphatic carbocycles. The Hall–Kier alpha value is -3.29. The van der Waals surface area contributed by atoms with Crippen molar-refractivity contribution in [2.24, 2.45) is 0 Å². The van der Waals surface area contributed by atoms with E-state index in [-0.39, 0.29) is 0 Å². The minimum atomic E-state index is -0.898. The maximum absolute atomic E-state index is 11.4. The summed E-state index contributed by atoms with van der Waals surface area (Å²) in [4.78, 5) is 23.4. The van der Waals surface area contributed by atoms with Crippen LogP contribution < -0.4 is 4.90 Å². The summed E-state index contributed by atoms with van der Waals surface area (Å²) in [6, 6.07) is 21.2. The molecule has 8 heteroatoms. The van der Waals surface area contributed by atoms with E-state index in [2.05, 4.69) is 14.9 Å². The summed E-state index contributed by atoms with van der Waals surface area (Å²) in [6.45, 7) is 4.51. The first-order chi connectivity index (χ1) is 16.3. The quantitative estimate of drug-likeness (QED) is 0.265. The maximum Gasteiger partial charge on any atom is 0.319 e. The lowest BCUT2D eigenvalue weighted by atomic mass is 10.1. The van der Waals surface area contributed by atoms with Gasteiger partial charge >= 0.3 is 5.97 Å². The number of anilines is 1. The standard InChI is InChI=1S/C26H24ClN3O3S/c1-26(2,25(31)32)34-22-10-8-18(9-11-22)15-30(16-21-7-4-12-33-21)24-14-23(28-17-29-24)19-5-3-6-20(27)13-19/h3-14,17H,15-16H2,1-2H3,(H,31,32). The molecule has 0 saturated carbocycles. The third-order valence-electron chi connectivity index (χ3n) is 5.21. The molecule has 0 saturated heterocycles. The van der Waals surface area contributed by atoms with Gasteiger partial charge in [0.25, 0.3) is 0 Å². The van der Waals surface area contributed by atoms with E-state index in [0.29, 0.717) is 18.1 Å². The van der Waals surface area contributed by atoms with Crippen LogP contribution in [0.3, 0.4) is 0 Å². The minimum absolute atomic E-state index is 0.529. The van der Waals surface area contributed by atoms with Gasteiger partial charge in [-0.2, -0.15) is 0 Å². The van der Waals surface area contributed by atoms with E-state index in [0.717, 1.165) is 33.3 Å². The lowest BCUT2D eigenvalue weighted by Gasteiger charge is -2.23. The first kappa shape index (κ1) is 23.9. The summed E-state index contributed by atoms with van der Waals surface area (Å²) in [5.41, 5.74) is 2.75. The normalized spacial score (nSPS) is 11.4. The molecule has 0 fully saturated rings. The largest absolute Gasteiger partial charge is 0.480 e. The molecule has 2 heterocycles. The van der Waals surface area contributed by atoms with Crippen molar-refractivity contribution in [2.75, 3.05) is 4.90 Å². The van der Waals surface area contributed by atoms with Gasteiger partial charge in [0.05, 0.1) is 18.5 Å². The molecule has 174 valence electrons. The Balaban J connectivity index is 1.59. The van der Waals surface area contributed by atoms with Gasteiger partial charge in [0.15, 0.2) is 0 Å². The van der Waals surface area contributed by atoms with Crippen molar-refractivity contribution >= 4 is 35.1 Å². The Labute approximate surface area is 207 Å². The van der Waals surface area contributed by atoms with Crippen molar-refractivity contribution in [3.05, 3.63) is 95.7 Å². The van der Waals surface area contributed by atoms with E-state index < -0.39 is 10.7 Å². The van der Waals surface area contributed by atoms with Gasteiger partial charge in [0.1, 0.15) is 22.7 Å². The highest BCUT2D eigenvalue weighted by Gasteiger charge is 2.28. The van der Waals surface area contributed by atoms with Crippen LogP contribution in [0.4, 0.5) is 5.82 Å². The number of carboxylic acids is 1. The van der Waals surface area contributed by atoms with Crippen LogP contribution in [0.25, 0.3) is 11.3 Å². The fourth-order valence-electron chi connectivity index (χ4n) is 3.36. The molecule has 2 aromatic carbocycles. The van der Waals surface area contributed by atoms with E-state index in [1.165, 1.54) is 11.8 Å². The minimum Gasteiger partial charge on any atom is -0.480 e. The average Bonchev–Trinajstić information content (AvgIpc) is 3.33. The molecule has 2 aromatic heterocycles. The summed E-state index contributed by atoms with van der Waals surface area (Å²) in [5.74, 6) is 0.732. The van der Waals surface area contributed by atoms with Gasteiger partial charge in [-0.05, 0) is 55.8 Å². The summed E-state index contributed by atoms with van der Waals surface area (Å²) in [7, 11) is 0. The number of benzene rings is 2. The van der Waals surface area contributed by atoms with E-state index in [4.69, 9.17) is 16.0 Å². The van der Waals surface area contributed by atoms with Crippen molar-refractivity contribution in [3.63, 3.8) is 0 Å². The summed E-state index contributed by atoms with van der Waals surface area (Å²) < 4.78 is 4.69. The number of rotatable bonds is 9. The van der Waals surface area contributed by atoms with Gasteiger partial charge in [-0.25, -0.2) is 9.97 Å². The van der Waals surface area contributed by atoms with Crippen LogP contribution in [0.2, 0.25) is 5.02 Å². The van der Waals surface area contributed by atoms with Crippen molar-refractivity contribution < 1.29 is 14.3 Å². The maximum atomic E-state index is 11.4. The molecule has 0 atom stereocenters. The Morgan fingerprint density at radius 2 is 1.85 bits per heavy atom. The van der Waals surface area contributed by atoms with Crippen LogP contribution in [0, 0.1) is 0 Å². The Morgan fingerprint density at radius 3 is 2.53 bits per heavy atom. The van der Waals surface area contributed by atoms with Crippen LogP contribution >= 0.6 is 23.4 Å². The SMILES string of the molecule is CC(C)(Sc1ccc(CN(Cc2ccco2)c2cc(-c3cccc(Cl)c3)ncn2)cc1)C(=O)O. The van der Waals surface area contributed by atoms with Crippen molar-refractivity contribution in [2.45, 2.75) is 36.6 Å². The first-order valence-electron chi connectivity index (χ1n) is 10.7. The molecule has 0 unspecified atom stereocenters. The predicted molar refractivity (Wildman–Crippen MR) is 135 cm³/mol. The Kier molecular flexibility index (Phi) is 7.24. The van der Waals surface area contributed by atoms with Gasteiger partial charge < -0.3 is 14.4 Å². The van der Waals surface area contributed by atoms with E-state index in [9.17, 15) is 9.90 Å². The van der Waals surface area contributed by atoms with Gasteiger partial charge in [0, 0.05) is 28.1 Å². The van der Waals surface area contributed by atoms with Crippen molar-refractivity contribution in [3.8, 4) is 11.3 Å². The number of hydrogen-bond acceptors (Lipinski definition) is 6. The molecule has 4 rings (SSSR count). The highest BCUT2D eigenvalue weighted by Crippen LogP contribution is 2.33. The summed E-state index contributed by atoms with van der Waals surface area (Å²) in [5, 5.41) is 10.0. The molecule has 0 aliphatic heterocycles. The molecule has 0 bridgehead atoms. The van der Waals surface area contributed by atoms with Crippen LogP contribution in [-0.4, -0.2) is 25.8 Å². The van der Waals surface area contributed by atoms with E-state index >= 15 is 0 Å². The zero-order valence-electron chi connectivity index (χ0n) is 18.8. The smallest absolute Gasteiger partial charge is 0.319 e. The first-order valence-corrected chi connectivity index (χ1v) is 11.9. The van der Waals surface area contributed by atoms with E-state index in [1.54, 1.807) is 26.4 Å². The molecule has 0 aliphatic rings. The monoisotopic (exact) mass is 493 g/mol. The van der Waals surface area contributed by atoms with Crippen molar-refractivity contribution in [1.82, 2.24) is 9.97 Å². The molecule has 1 N–H and O–H groups in total. The summed E-state index contributed by atoms with van der Waals surface area (Å²) >= 11 is 7.49. The number of furan rings is 1. The van der Waals surface area contributed by atoms with Crippen LogP contribution in [0.5, 0.6) is 0 Å². The van der Waals surface area contributed by atoms with Crippen LogP contribution in [0.15, 0.2) is 88.6 Å². The fourth-order valence-corrected chi connectivity index (χ4v) is 4.49. The average molecular weight is 494 g/mol. The molecular weight excluding hydrogens is 470 g/mol. The second kappa shape index (κ2) is 10.3. The molecular formula is C26H24ClN3O3S. The molecule has 0 spiro atoms. The number of carboxylic acid groups (broad SMARTS) is 1. The molecule has 34 heavy (non-hydrogen) atoms. The second-order valence-corrected chi connectivity index (χ2v) is 10.4. The molecule has 0 amide bonds. The van der Waals surface area contributed by atoms with Gasteiger partial charge in [-0.3, -0.25) is 4.79 Å². The number of aromatic nitrogens is 2. The van der Waals surface area contributed by atoms with Gasteiger partial charge in [-0.15, -0.1) is 11.8 Å². The number of thioether (sulfide) groups is 1. The Morgan fingerprint density at radius 1 is 1.06 bits per heavy atom. The highest BCUT2D eigenvalue weighted by atomic mass is 35.5. The van der Waals surface area contributed by atoms with Gasteiger partial charge in [0.2, 0.25) is 0 Å². The highest BCUT2D eigenvalue weighted by molar-refractivity contribution is 8.01. The molecule has 0 radical (unpaired) electrons. The Bertz CT molecular complexity index is 1260. The van der Waals surface area contributed by atoms with Crippen LogP contribution in [-0.2, 0) is 17.9 Å². The number of carbonyl (C=O) groups is 1. The number of nitrogens with zero attached hydrogens (tertiary/aromatic N) is 3. The lowest BCUT2D eigenvalue weighted by Crippen LogP contribution is -2.26. The zero-order valence-corrected chi connectivity index (χ0v) is 20.4. The van der Waals surface area contributed by atoms with Crippen molar-refractivity contribution in [1.29, 1.82) is 0 Å². The zero-order chi connectivity index (χ0) is 24.1. The topological polar surface area (TPSA) is 79.5 Å². The number of aliphatic carboxylic acids is 1. The third kappa shape index (κ3) is 5.98. The third-order valence-corrected chi connectivity index (χ3v) is 6.64.